The number of hydrogen-bond donors (Lipinski definition) is 1. The van der Waals surface area contributed by atoms with Crippen molar-refractivity contribution in [3.63, 3.8) is 0 Å². The van der Waals surface area contributed by atoms with Crippen LogP contribution in [0, 0.1) is 0 Å². The largest absolute Gasteiger partial charge is 0.337 e. The highest BCUT2D eigenvalue weighted by Gasteiger charge is 2.25. The minimum atomic E-state index is -0.261. The molecule has 0 saturated heterocycles. The van der Waals surface area contributed by atoms with Crippen molar-refractivity contribution >= 4 is 5.91 Å². The molecule has 0 aliphatic carbocycles. The molecule has 1 aromatic carbocycles. The van der Waals surface area contributed by atoms with E-state index < -0.39 is 0 Å². The Bertz CT molecular complexity index is 1000. The lowest BCUT2D eigenvalue weighted by Gasteiger charge is -2.20. The molecule has 2 aromatic heterocycles. The number of carbonyl (C=O) groups is 1. The van der Waals surface area contributed by atoms with Crippen LogP contribution in [-0.4, -0.2) is 38.7 Å². The summed E-state index contributed by atoms with van der Waals surface area (Å²) < 4.78 is 1.94. The van der Waals surface area contributed by atoms with Crippen molar-refractivity contribution in [3.05, 3.63) is 75.8 Å². The predicted octanol–water partition coefficient (Wildman–Crippen LogP) is 2.02. The van der Waals surface area contributed by atoms with Crippen LogP contribution in [0.1, 0.15) is 21.7 Å². The molecule has 0 atom stereocenters. The van der Waals surface area contributed by atoms with E-state index in [1.54, 1.807) is 17.0 Å². The van der Waals surface area contributed by atoms with E-state index in [1.165, 1.54) is 11.6 Å². The minimum absolute atomic E-state index is 0.140. The van der Waals surface area contributed by atoms with Gasteiger partial charge in [-0.2, -0.15) is 5.10 Å². The molecule has 0 radical (unpaired) electrons. The fraction of sp³-hybridized carbons (Fsp3) is 0.250. The van der Waals surface area contributed by atoms with Gasteiger partial charge in [0.25, 0.3) is 5.91 Å². The van der Waals surface area contributed by atoms with Crippen molar-refractivity contribution in [1.82, 2.24) is 19.7 Å². The Labute approximate surface area is 151 Å². The Hall–Kier alpha value is -3.15. The van der Waals surface area contributed by atoms with E-state index >= 15 is 0 Å². The number of nitrogens with zero attached hydrogens (tertiary/aromatic N) is 3. The molecular formula is C20H20N4O2. The Kier molecular flexibility index (Phi) is 4.16. The first-order chi connectivity index (χ1) is 12.6. The first-order valence-electron chi connectivity index (χ1n) is 8.72. The average molecular weight is 348 g/mol. The Balaban J connectivity index is 1.61. The molecule has 3 aromatic rings. The van der Waals surface area contributed by atoms with Crippen molar-refractivity contribution in [3.8, 4) is 11.3 Å². The van der Waals surface area contributed by atoms with Crippen molar-refractivity contribution in [1.29, 1.82) is 0 Å². The van der Waals surface area contributed by atoms with Gasteiger partial charge in [0, 0.05) is 43.8 Å². The van der Waals surface area contributed by atoms with Gasteiger partial charge in [-0.1, -0.05) is 36.4 Å². The lowest BCUT2D eigenvalue weighted by atomic mass is 10.0. The van der Waals surface area contributed by atoms with E-state index in [4.69, 9.17) is 0 Å². The van der Waals surface area contributed by atoms with Crippen LogP contribution in [0.2, 0.25) is 0 Å². The summed E-state index contributed by atoms with van der Waals surface area (Å²) in [6.07, 6.45) is 1.45. The van der Waals surface area contributed by atoms with Gasteiger partial charge in [0.1, 0.15) is 5.69 Å². The second kappa shape index (κ2) is 6.63. The summed E-state index contributed by atoms with van der Waals surface area (Å²) in [7, 11) is 1.97. The first-order valence-corrected chi connectivity index (χ1v) is 8.72. The molecule has 0 saturated carbocycles. The highest BCUT2D eigenvalue weighted by Crippen LogP contribution is 2.28. The summed E-state index contributed by atoms with van der Waals surface area (Å²) in [5.74, 6) is -0.140. The molecule has 1 aliphatic rings. The Morgan fingerprint density at radius 1 is 1.04 bits per heavy atom. The van der Waals surface area contributed by atoms with Crippen LogP contribution >= 0.6 is 0 Å². The second-order valence-electron chi connectivity index (χ2n) is 6.48. The third-order valence-corrected chi connectivity index (χ3v) is 4.81. The molecule has 1 N–H and O–H groups in total. The monoisotopic (exact) mass is 348 g/mol. The molecule has 1 aliphatic heterocycles. The third-order valence-electron chi connectivity index (χ3n) is 4.81. The van der Waals surface area contributed by atoms with Crippen molar-refractivity contribution in [2.24, 2.45) is 7.05 Å². The van der Waals surface area contributed by atoms with Crippen LogP contribution in [-0.2, 0) is 19.9 Å². The number of rotatable bonds is 2. The van der Waals surface area contributed by atoms with Crippen LogP contribution in [0.4, 0.5) is 0 Å². The molecule has 0 fully saturated rings. The minimum Gasteiger partial charge on any atom is -0.337 e. The number of hydrogen-bond acceptors (Lipinski definition) is 3. The molecule has 4 rings (SSSR count). The van der Waals surface area contributed by atoms with Gasteiger partial charge in [-0.3, -0.25) is 14.3 Å². The molecular weight excluding hydrogens is 328 g/mol. The van der Waals surface area contributed by atoms with Gasteiger partial charge in [-0.05, 0) is 12.5 Å². The van der Waals surface area contributed by atoms with E-state index in [0.717, 1.165) is 23.4 Å². The number of carbonyl (C=O) groups excluding carboxylic acids is 1. The number of aryl methyl sites for hydroxylation is 1. The summed E-state index contributed by atoms with van der Waals surface area (Å²) in [6.45, 7) is 1.20. The molecule has 1 amide bonds. The van der Waals surface area contributed by atoms with Gasteiger partial charge >= 0.3 is 0 Å². The van der Waals surface area contributed by atoms with E-state index in [-0.39, 0.29) is 11.5 Å². The summed E-state index contributed by atoms with van der Waals surface area (Å²) in [5.41, 5.74) is 4.57. The zero-order valence-corrected chi connectivity index (χ0v) is 14.6. The Morgan fingerprint density at radius 2 is 1.81 bits per heavy atom. The molecule has 132 valence electrons. The van der Waals surface area contributed by atoms with Gasteiger partial charge < -0.3 is 9.88 Å². The number of H-pyrrole nitrogens is 1. The molecule has 3 heterocycles. The number of aromatic amines is 1. The van der Waals surface area contributed by atoms with Gasteiger partial charge in [0.2, 0.25) is 5.56 Å². The zero-order valence-electron chi connectivity index (χ0n) is 14.6. The smallest absolute Gasteiger partial charge is 0.270 e. The molecule has 0 spiro atoms. The van der Waals surface area contributed by atoms with E-state index in [9.17, 15) is 9.59 Å². The van der Waals surface area contributed by atoms with Crippen molar-refractivity contribution < 1.29 is 4.79 Å². The van der Waals surface area contributed by atoms with Gasteiger partial charge in [-0.15, -0.1) is 0 Å². The number of aromatic nitrogens is 3. The number of nitrogens with one attached hydrogen (secondary N) is 1. The van der Waals surface area contributed by atoms with Gasteiger partial charge in [0.05, 0.1) is 11.4 Å². The van der Waals surface area contributed by atoms with Crippen molar-refractivity contribution in [2.75, 3.05) is 13.1 Å². The first kappa shape index (κ1) is 16.3. The number of pyridine rings is 1. The zero-order chi connectivity index (χ0) is 18.1. The highest BCUT2D eigenvalue weighted by atomic mass is 16.2. The Morgan fingerprint density at radius 3 is 2.58 bits per heavy atom. The topological polar surface area (TPSA) is 71.0 Å². The van der Waals surface area contributed by atoms with E-state index in [1.807, 2.05) is 29.9 Å². The summed E-state index contributed by atoms with van der Waals surface area (Å²) in [6, 6.07) is 14.9. The van der Waals surface area contributed by atoms with Crippen LogP contribution in [0.3, 0.4) is 0 Å². The molecule has 26 heavy (non-hydrogen) atoms. The quantitative estimate of drug-likeness (QED) is 0.770. The fourth-order valence-corrected chi connectivity index (χ4v) is 3.59. The van der Waals surface area contributed by atoms with Gasteiger partial charge in [-0.25, -0.2) is 0 Å². The van der Waals surface area contributed by atoms with E-state index in [2.05, 4.69) is 22.2 Å². The summed E-state index contributed by atoms with van der Waals surface area (Å²) >= 11 is 0. The van der Waals surface area contributed by atoms with Gasteiger partial charge in [0.15, 0.2) is 0 Å². The molecule has 0 bridgehead atoms. The van der Waals surface area contributed by atoms with Crippen LogP contribution < -0.4 is 5.56 Å². The predicted molar refractivity (Wildman–Crippen MR) is 99.0 cm³/mol. The lowest BCUT2D eigenvalue weighted by molar-refractivity contribution is 0.0756. The molecule has 6 nitrogen and oxygen atoms in total. The normalized spacial score (nSPS) is 14.0. The number of fused-ring (bicyclic) bond motifs is 1. The maximum absolute atomic E-state index is 12.7. The standard InChI is InChI=1S/C20H20N4O2/c1-23-19(14-6-3-2-4-7-14)15-10-12-24(13-11-16(15)22-23)20(26)17-8-5-9-18(25)21-17/h2-9H,10-13H2,1H3,(H,21,25). The summed E-state index contributed by atoms with van der Waals surface area (Å²) in [4.78, 5) is 28.6. The molecule has 6 heteroatoms. The molecule has 0 unspecified atom stereocenters. The maximum Gasteiger partial charge on any atom is 0.270 e. The SMILES string of the molecule is Cn1nc2c(c1-c1ccccc1)CCN(C(=O)c1cccc(=O)[nH]1)CC2. The van der Waals surface area contributed by atoms with Crippen molar-refractivity contribution in [2.45, 2.75) is 12.8 Å². The summed E-state index contributed by atoms with van der Waals surface area (Å²) in [5, 5.41) is 4.69. The lowest BCUT2D eigenvalue weighted by Crippen LogP contribution is -2.34. The average Bonchev–Trinajstić information content (AvgIpc) is 2.83. The second-order valence-corrected chi connectivity index (χ2v) is 6.48. The fourth-order valence-electron chi connectivity index (χ4n) is 3.59. The maximum atomic E-state index is 12.7. The van der Waals surface area contributed by atoms with Crippen LogP contribution in [0.5, 0.6) is 0 Å². The van der Waals surface area contributed by atoms with Crippen LogP contribution in [0.25, 0.3) is 11.3 Å². The number of amides is 1. The third kappa shape index (κ3) is 2.94. The highest BCUT2D eigenvalue weighted by molar-refractivity contribution is 5.92. The van der Waals surface area contributed by atoms with Crippen LogP contribution in [0.15, 0.2) is 53.3 Å². The van der Waals surface area contributed by atoms with E-state index in [0.29, 0.717) is 25.2 Å². The number of benzene rings is 1.